The number of anilines is 1. The van der Waals surface area contributed by atoms with Gasteiger partial charge in [0, 0.05) is 5.70 Å². The standard InChI is InChI=1S/C22H18N4O/c1-27-17-11-9-16(10-12-17)20-13-21(26-22(25-20)23-14-24-26)19-8-4-6-15-5-2-3-7-18(15)19/h2-14,21H,1H3,(H,23,24,25). The Morgan fingerprint density at radius 1 is 0.963 bits per heavy atom. The zero-order valence-electron chi connectivity index (χ0n) is 14.8. The molecule has 0 bridgehead atoms. The predicted octanol–water partition coefficient (Wildman–Crippen LogP) is 4.50. The number of hydrogen-bond acceptors (Lipinski definition) is 4. The summed E-state index contributed by atoms with van der Waals surface area (Å²) in [5.74, 6) is 1.57. The maximum atomic E-state index is 5.27. The lowest BCUT2D eigenvalue weighted by Gasteiger charge is -2.25. The number of hydrogen-bond donors (Lipinski definition) is 1. The van der Waals surface area contributed by atoms with Gasteiger partial charge in [-0.3, -0.25) is 0 Å². The summed E-state index contributed by atoms with van der Waals surface area (Å²) in [5.41, 5.74) is 3.29. The number of benzene rings is 3. The minimum absolute atomic E-state index is 0.0352. The van der Waals surface area contributed by atoms with Crippen molar-refractivity contribution in [3.8, 4) is 5.75 Å². The molecule has 27 heavy (non-hydrogen) atoms. The summed E-state index contributed by atoms with van der Waals surface area (Å²) in [6.07, 6.45) is 3.79. The van der Waals surface area contributed by atoms with E-state index in [1.807, 2.05) is 28.9 Å². The molecule has 0 saturated carbocycles. The molecule has 1 aliphatic heterocycles. The van der Waals surface area contributed by atoms with Gasteiger partial charge in [-0.05, 0) is 52.2 Å². The van der Waals surface area contributed by atoms with Crippen LogP contribution in [-0.4, -0.2) is 21.9 Å². The van der Waals surface area contributed by atoms with Gasteiger partial charge in [-0.15, -0.1) is 0 Å². The van der Waals surface area contributed by atoms with E-state index in [9.17, 15) is 0 Å². The molecule has 0 saturated heterocycles. The Labute approximate surface area is 156 Å². The van der Waals surface area contributed by atoms with Crippen molar-refractivity contribution in [2.45, 2.75) is 6.04 Å². The maximum absolute atomic E-state index is 5.27. The van der Waals surface area contributed by atoms with Gasteiger partial charge < -0.3 is 10.1 Å². The van der Waals surface area contributed by atoms with Crippen LogP contribution >= 0.6 is 0 Å². The topological polar surface area (TPSA) is 52.0 Å². The first kappa shape index (κ1) is 15.6. The summed E-state index contributed by atoms with van der Waals surface area (Å²) >= 11 is 0. The second-order valence-electron chi connectivity index (χ2n) is 6.48. The molecular formula is C22H18N4O. The molecule has 5 heteroatoms. The van der Waals surface area contributed by atoms with Gasteiger partial charge in [-0.2, -0.15) is 10.1 Å². The first-order chi connectivity index (χ1) is 13.3. The fourth-order valence-electron chi connectivity index (χ4n) is 3.60. The fourth-order valence-corrected chi connectivity index (χ4v) is 3.60. The highest BCUT2D eigenvalue weighted by Crippen LogP contribution is 2.35. The molecule has 0 amide bonds. The molecule has 1 aliphatic rings. The zero-order valence-corrected chi connectivity index (χ0v) is 14.8. The Kier molecular flexibility index (Phi) is 3.64. The number of fused-ring (bicyclic) bond motifs is 2. The van der Waals surface area contributed by atoms with Crippen LogP contribution in [0.25, 0.3) is 16.5 Å². The van der Waals surface area contributed by atoms with Gasteiger partial charge in [0.2, 0.25) is 5.95 Å². The van der Waals surface area contributed by atoms with Gasteiger partial charge in [-0.25, -0.2) is 4.68 Å². The molecule has 5 nitrogen and oxygen atoms in total. The van der Waals surface area contributed by atoms with Crippen molar-refractivity contribution >= 4 is 22.4 Å². The minimum Gasteiger partial charge on any atom is -0.497 e. The molecular weight excluding hydrogens is 336 g/mol. The van der Waals surface area contributed by atoms with Gasteiger partial charge in [0.1, 0.15) is 18.1 Å². The van der Waals surface area contributed by atoms with Gasteiger partial charge in [0.05, 0.1) is 7.11 Å². The third-order valence-corrected chi connectivity index (χ3v) is 4.95. The number of allylic oxidation sites excluding steroid dienone is 1. The highest BCUT2D eigenvalue weighted by molar-refractivity contribution is 5.87. The largest absolute Gasteiger partial charge is 0.497 e. The summed E-state index contributed by atoms with van der Waals surface area (Å²) in [6, 6.07) is 22.8. The molecule has 1 atom stereocenters. The summed E-state index contributed by atoms with van der Waals surface area (Å²) in [4.78, 5) is 4.40. The Hall–Kier alpha value is -3.60. The summed E-state index contributed by atoms with van der Waals surface area (Å²) in [6.45, 7) is 0. The molecule has 1 aromatic heterocycles. The fraction of sp³-hybridized carbons (Fsp3) is 0.0909. The van der Waals surface area contributed by atoms with E-state index >= 15 is 0 Å². The van der Waals surface area contributed by atoms with Crippen LogP contribution < -0.4 is 10.1 Å². The number of nitrogens with zero attached hydrogens (tertiary/aromatic N) is 3. The van der Waals surface area contributed by atoms with E-state index in [1.54, 1.807) is 13.4 Å². The number of rotatable bonds is 3. The summed E-state index contributed by atoms with van der Waals surface area (Å²) < 4.78 is 7.20. The molecule has 132 valence electrons. The quantitative estimate of drug-likeness (QED) is 0.589. The second kappa shape index (κ2) is 6.29. The molecule has 0 fully saturated rings. The van der Waals surface area contributed by atoms with Crippen molar-refractivity contribution in [3.05, 3.63) is 90.3 Å². The van der Waals surface area contributed by atoms with Gasteiger partial charge in [0.25, 0.3) is 0 Å². The molecule has 4 aromatic rings. The number of ether oxygens (including phenoxy) is 1. The van der Waals surface area contributed by atoms with Gasteiger partial charge in [0.15, 0.2) is 0 Å². The molecule has 3 aromatic carbocycles. The minimum atomic E-state index is -0.0352. The molecule has 1 N–H and O–H groups in total. The lowest BCUT2D eigenvalue weighted by Crippen LogP contribution is -2.20. The van der Waals surface area contributed by atoms with E-state index < -0.39 is 0 Å². The first-order valence-electron chi connectivity index (χ1n) is 8.84. The molecule has 5 rings (SSSR count). The van der Waals surface area contributed by atoms with Gasteiger partial charge in [-0.1, -0.05) is 42.5 Å². The van der Waals surface area contributed by atoms with E-state index in [0.29, 0.717) is 0 Å². The summed E-state index contributed by atoms with van der Waals surface area (Å²) in [5, 5.41) is 10.3. The SMILES string of the molecule is COc1ccc(C2=CC(c3cccc4ccccc34)n3ncnc3N2)cc1. The van der Waals surface area contributed by atoms with Crippen LogP contribution in [0.3, 0.4) is 0 Å². The van der Waals surface area contributed by atoms with E-state index in [4.69, 9.17) is 4.74 Å². The zero-order chi connectivity index (χ0) is 18.2. The van der Waals surface area contributed by atoms with Crippen LogP contribution in [0, 0.1) is 0 Å². The number of methoxy groups -OCH3 is 1. The number of aromatic nitrogens is 3. The Balaban J connectivity index is 1.66. The van der Waals surface area contributed by atoms with Crippen molar-refractivity contribution in [2.24, 2.45) is 0 Å². The van der Waals surface area contributed by atoms with Crippen molar-refractivity contribution in [1.82, 2.24) is 14.8 Å². The Bertz CT molecular complexity index is 1140. The lowest BCUT2D eigenvalue weighted by molar-refractivity contribution is 0.415. The summed E-state index contributed by atoms with van der Waals surface area (Å²) in [7, 11) is 1.67. The van der Waals surface area contributed by atoms with Crippen LogP contribution in [0.15, 0.2) is 79.1 Å². The van der Waals surface area contributed by atoms with Crippen LogP contribution in [0.1, 0.15) is 17.2 Å². The number of nitrogens with one attached hydrogen (secondary N) is 1. The van der Waals surface area contributed by atoms with E-state index in [0.717, 1.165) is 23.0 Å². The van der Waals surface area contributed by atoms with E-state index in [-0.39, 0.29) is 6.04 Å². The van der Waals surface area contributed by atoms with Crippen LogP contribution in [0.5, 0.6) is 5.75 Å². The third-order valence-electron chi connectivity index (χ3n) is 4.95. The van der Waals surface area contributed by atoms with Crippen LogP contribution in [0.2, 0.25) is 0 Å². The van der Waals surface area contributed by atoms with E-state index in [1.165, 1.54) is 16.3 Å². The van der Waals surface area contributed by atoms with Crippen molar-refractivity contribution < 1.29 is 4.74 Å². The Morgan fingerprint density at radius 3 is 2.63 bits per heavy atom. The molecule has 0 radical (unpaired) electrons. The molecule has 1 unspecified atom stereocenters. The van der Waals surface area contributed by atoms with Crippen LogP contribution in [-0.2, 0) is 0 Å². The maximum Gasteiger partial charge on any atom is 0.226 e. The van der Waals surface area contributed by atoms with Crippen molar-refractivity contribution in [3.63, 3.8) is 0 Å². The second-order valence-corrected chi connectivity index (χ2v) is 6.48. The van der Waals surface area contributed by atoms with Crippen LogP contribution in [0.4, 0.5) is 5.95 Å². The molecule has 0 aliphatic carbocycles. The van der Waals surface area contributed by atoms with E-state index in [2.05, 4.69) is 63.9 Å². The molecule has 2 heterocycles. The van der Waals surface area contributed by atoms with Gasteiger partial charge >= 0.3 is 0 Å². The average Bonchev–Trinajstić information content (AvgIpc) is 3.21. The highest BCUT2D eigenvalue weighted by atomic mass is 16.5. The average molecular weight is 354 g/mol. The normalized spacial score (nSPS) is 15.7. The lowest BCUT2D eigenvalue weighted by atomic mass is 9.96. The first-order valence-corrected chi connectivity index (χ1v) is 8.84. The monoisotopic (exact) mass is 354 g/mol. The smallest absolute Gasteiger partial charge is 0.226 e. The van der Waals surface area contributed by atoms with Crippen molar-refractivity contribution in [2.75, 3.05) is 12.4 Å². The highest BCUT2D eigenvalue weighted by Gasteiger charge is 2.24. The predicted molar refractivity (Wildman–Crippen MR) is 107 cm³/mol. The van der Waals surface area contributed by atoms with Crippen molar-refractivity contribution in [1.29, 1.82) is 0 Å². The Morgan fingerprint density at radius 2 is 1.78 bits per heavy atom. The molecule has 0 spiro atoms. The third kappa shape index (κ3) is 2.64.